The van der Waals surface area contributed by atoms with Crippen molar-refractivity contribution in [2.75, 3.05) is 33.3 Å². The third-order valence-corrected chi connectivity index (χ3v) is 3.86. The molecule has 0 bridgehead atoms. The van der Waals surface area contributed by atoms with Gasteiger partial charge in [0.05, 0.1) is 13.0 Å². The van der Waals surface area contributed by atoms with Gasteiger partial charge in [0.2, 0.25) is 0 Å². The number of hydrogen-bond donors (Lipinski definition) is 1. The van der Waals surface area contributed by atoms with Gasteiger partial charge < -0.3 is 15.0 Å². The Morgan fingerprint density at radius 2 is 1.95 bits per heavy atom. The number of carbonyl (C=O) groups is 1. The normalized spacial score (nSPS) is 20.3. The summed E-state index contributed by atoms with van der Waals surface area (Å²) in [4.78, 5) is 18.5. The topological polar surface area (TPSA) is 53.9 Å². The maximum absolute atomic E-state index is 11.5. The zero-order valence-electron chi connectivity index (χ0n) is 12.4. The van der Waals surface area contributed by atoms with Crippen molar-refractivity contribution in [2.24, 2.45) is 16.8 Å². The predicted molar refractivity (Wildman–Crippen MR) is 90.4 cm³/mol. The number of nitrogens with one attached hydrogen (secondary N) is 1. The first-order chi connectivity index (χ1) is 9.24. The second kappa shape index (κ2) is 8.69. The molecule has 0 aromatic rings. The lowest BCUT2D eigenvalue weighted by atomic mass is 9.97. The maximum atomic E-state index is 11.5. The van der Waals surface area contributed by atoms with Crippen LogP contribution in [0.3, 0.4) is 0 Å². The molecular formula is C14H26IN3O2. The first-order valence-electron chi connectivity index (χ1n) is 7.35. The van der Waals surface area contributed by atoms with E-state index in [0.29, 0.717) is 0 Å². The summed E-state index contributed by atoms with van der Waals surface area (Å²) in [7, 11) is 1.47. The van der Waals surface area contributed by atoms with Gasteiger partial charge in [0, 0.05) is 26.2 Å². The monoisotopic (exact) mass is 395 g/mol. The zero-order chi connectivity index (χ0) is 13.7. The number of likely N-dealkylation sites (tertiary alicyclic amines) is 1. The van der Waals surface area contributed by atoms with E-state index in [2.05, 4.69) is 17.1 Å². The van der Waals surface area contributed by atoms with Crippen LogP contribution < -0.4 is 5.32 Å². The van der Waals surface area contributed by atoms with E-state index >= 15 is 0 Å². The molecule has 1 saturated heterocycles. The number of rotatable bonds is 4. The van der Waals surface area contributed by atoms with Crippen molar-refractivity contribution in [2.45, 2.75) is 32.6 Å². The van der Waals surface area contributed by atoms with Crippen molar-refractivity contribution in [3.63, 3.8) is 0 Å². The van der Waals surface area contributed by atoms with Gasteiger partial charge in [0.25, 0.3) is 0 Å². The number of ether oxygens (including phenoxy) is 1. The van der Waals surface area contributed by atoms with Crippen LogP contribution in [-0.2, 0) is 9.53 Å². The van der Waals surface area contributed by atoms with Crippen LogP contribution in [0.25, 0.3) is 0 Å². The van der Waals surface area contributed by atoms with Gasteiger partial charge in [0.15, 0.2) is 5.96 Å². The quantitative estimate of drug-likeness (QED) is 0.342. The molecule has 1 heterocycles. The molecule has 1 N–H and O–H groups in total. The summed E-state index contributed by atoms with van der Waals surface area (Å²) in [5.41, 5.74) is 0. The molecule has 0 aromatic carbocycles. The van der Waals surface area contributed by atoms with E-state index in [0.717, 1.165) is 50.9 Å². The van der Waals surface area contributed by atoms with Gasteiger partial charge in [-0.3, -0.25) is 9.79 Å². The summed E-state index contributed by atoms with van der Waals surface area (Å²) in [6.45, 7) is 5.69. The smallest absolute Gasteiger partial charge is 0.308 e. The Bertz CT molecular complexity index is 337. The zero-order valence-corrected chi connectivity index (χ0v) is 14.8. The number of piperidine rings is 1. The molecule has 0 aromatic heterocycles. The van der Waals surface area contributed by atoms with Crippen molar-refractivity contribution in [3.8, 4) is 0 Å². The first-order valence-corrected chi connectivity index (χ1v) is 7.35. The Labute approximate surface area is 138 Å². The van der Waals surface area contributed by atoms with Gasteiger partial charge in [0.1, 0.15) is 0 Å². The number of halogens is 1. The molecule has 0 amide bonds. The van der Waals surface area contributed by atoms with Gasteiger partial charge in [-0.25, -0.2) is 0 Å². The Morgan fingerprint density at radius 1 is 1.30 bits per heavy atom. The molecule has 1 saturated carbocycles. The minimum atomic E-state index is -0.0698. The second-order valence-electron chi connectivity index (χ2n) is 5.42. The van der Waals surface area contributed by atoms with Crippen LogP contribution in [0.15, 0.2) is 4.99 Å². The molecule has 2 fully saturated rings. The van der Waals surface area contributed by atoms with Crippen LogP contribution in [0.4, 0.5) is 0 Å². The minimum Gasteiger partial charge on any atom is -0.469 e. The first kappa shape index (κ1) is 17.5. The number of carbonyl (C=O) groups excluding carboxylic acids is 1. The SMILES string of the molecule is CCNC(=NCC1CC1)N1CCC(C(=O)OC)CC1.I. The van der Waals surface area contributed by atoms with Gasteiger partial charge >= 0.3 is 5.97 Å². The summed E-state index contributed by atoms with van der Waals surface area (Å²) in [5, 5.41) is 3.35. The number of guanidine groups is 1. The van der Waals surface area contributed by atoms with Crippen LogP contribution in [0.1, 0.15) is 32.6 Å². The Hall–Kier alpha value is -0.530. The summed E-state index contributed by atoms with van der Waals surface area (Å²) in [6.07, 6.45) is 4.38. The standard InChI is InChI=1S/C14H25N3O2.HI/c1-3-15-14(16-10-11-4-5-11)17-8-6-12(7-9-17)13(18)19-2;/h11-12H,3-10H2,1-2H3,(H,15,16);1H. The molecule has 2 rings (SSSR count). The molecule has 20 heavy (non-hydrogen) atoms. The summed E-state index contributed by atoms with van der Waals surface area (Å²) < 4.78 is 4.82. The predicted octanol–water partition coefficient (Wildman–Crippen LogP) is 1.86. The van der Waals surface area contributed by atoms with Gasteiger partial charge in [-0.05, 0) is 38.5 Å². The molecule has 0 radical (unpaired) electrons. The fourth-order valence-electron chi connectivity index (χ4n) is 2.44. The van der Waals surface area contributed by atoms with E-state index in [1.54, 1.807) is 0 Å². The molecule has 1 aliphatic carbocycles. The fourth-order valence-corrected chi connectivity index (χ4v) is 2.44. The molecular weight excluding hydrogens is 369 g/mol. The van der Waals surface area contributed by atoms with Crippen molar-refractivity contribution < 1.29 is 9.53 Å². The highest BCUT2D eigenvalue weighted by atomic mass is 127. The van der Waals surface area contributed by atoms with E-state index in [9.17, 15) is 4.79 Å². The Kier molecular flexibility index (Phi) is 7.61. The average molecular weight is 395 g/mol. The molecule has 2 aliphatic rings. The van der Waals surface area contributed by atoms with E-state index in [-0.39, 0.29) is 35.9 Å². The van der Waals surface area contributed by atoms with Gasteiger partial charge in [-0.1, -0.05) is 0 Å². The maximum Gasteiger partial charge on any atom is 0.308 e. The van der Waals surface area contributed by atoms with Gasteiger partial charge in [-0.2, -0.15) is 0 Å². The highest BCUT2D eigenvalue weighted by molar-refractivity contribution is 14.0. The van der Waals surface area contributed by atoms with Gasteiger partial charge in [-0.15, -0.1) is 24.0 Å². The Balaban J connectivity index is 0.00000200. The van der Waals surface area contributed by atoms with Crippen LogP contribution in [0.2, 0.25) is 0 Å². The Morgan fingerprint density at radius 3 is 2.45 bits per heavy atom. The highest BCUT2D eigenvalue weighted by Gasteiger charge is 2.27. The molecule has 0 unspecified atom stereocenters. The average Bonchev–Trinajstić information content (AvgIpc) is 3.27. The lowest BCUT2D eigenvalue weighted by Crippen LogP contribution is -2.46. The van der Waals surface area contributed by atoms with E-state index < -0.39 is 0 Å². The molecule has 1 aliphatic heterocycles. The summed E-state index contributed by atoms with van der Waals surface area (Å²) in [6, 6.07) is 0. The van der Waals surface area contributed by atoms with Crippen LogP contribution in [0, 0.1) is 11.8 Å². The molecule has 5 nitrogen and oxygen atoms in total. The second-order valence-corrected chi connectivity index (χ2v) is 5.42. The highest BCUT2D eigenvalue weighted by Crippen LogP contribution is 2.29. The molecule has 0 spiro atoms. The van der Waals surface area contributed by atoms with Crippen LogP contribution >= 0.6 is 24.0 Å². The van der Waals surface area contributed by atoms with Crippen molar-refractivity contribution in [1.82, 2.24) is 10.2 Å². The van der Waals surface area contributed by atoms with E-state index in [4.69, 9.17) is 9.73 Å². The number of methoxy groups -OCH3 is 1. The third-order valence-electron chi connectivity index (χ3n) is 3.86. The van der Waals surface area contributed by atoms with E-state index in [1.807, 2.05) is 0 Å². The summed E-state index contributed by atoms with van der Waals surface area (Å²) >= 11 is 0. The summed E-state index contributed by atoms with van der Waals surface area (Å²) in [5.74, 6) is 1.81. The lowest BCUT2D eigenvalue weighted by molar-refractivity contribution is -0.146. The number of nitrogens with zero attached hydrogens (tertiary/aromatic N) is 2. The van der Waals surface area contributed by atoms with E-state index in [1.165, 1.54) is 20.0 Å². The number of aliphatic imine (C=N–C) groups is 1. The lowest BCUT2D eigenvalue weighted by Gasteiger charge is -2.33. The molecule has 6 heteroatoms. The van der Waals surface area contributed by atoms with Crippen LogP contribution in [-0.4, -0.2) is 50.1 Å². The van der Waals surface area contributed by atoms with Crippen molar-refractivity contribution in [1.29, 1.82) is 0 Å². The largest absolute Gasteiger partial charge is 0.469 e. The van der Waals surface area contributed by atoms with Crippen LogP contribution in [0.5, 0.6) is 0 Å². The molecule has 116 valence electrons. The number of esters is 1. The fraction of sp³-hybridized carbons (Fsp3) is 0.857. The minimum absolute atomic E-state index is 0. The third kappa shape index (κ3) is 5.10. The molecule has 0 atom stereocenters. The van der Waals surface area contributed by atoms with Crippen molar-refractivity contribution in [3.05, 3.63) is 0 Å². The number of hydrogen-bond acceptors (Lipinski definition) is 3. The van der Waals surface area contributed by atoms with Crippen molar-refractivity contribution >= 4 is 35.9 Å².